The van der Waals surface area contributed by atoms with Gasteiger partial charge >= 0.3 is 5.97 Å². The molecule has 0 fully saturated rings. The molecule has 10 heteroatoms. The average Bonchev–Trinajstić information content (AvgIpc) is 3.58. The van der Waals surface area contributed by atoms with Crippen molar-refractivity contribution in [2.45, 2.75) is 26.8 Å². The monoisotopic (exact) mass is 624 g/mol. The minimum absolute atomic E-state index is 0.201. The van der Waals surface area contributed by atoms with Gasteiger partial charge in [0.2, 0.25) is 0 Å². The van der Waals surface area contributed by atoms with E-state index in [2.05, 4.69) is 4.99 Å². The zero-order valence-electron chi connectivity index (χ0n) is 24.4. The van der Waals surface area contributed by atoms with E-state index in [1.807, 2.05) is 85.9 Å². The Kier molecular flexibility index (Phi) is 8.32. The Hall–Kier alpha value is -4.73. The van der Waals surface area contributed by atoms with Crippen LogP contribution in [0.2, 0.25) is 5.02 Å². The Balaban J connectivity index is 1.53. The standard InChI is InChI=1S/C34H29ClN4O4S/c1-4-42-27-17-13-22(14-18-27)30-24(20-38(37-30)26-9-7-6-8-10-26)19-28-32(40)39-31(23-11-15-25(35)16-12-23)29(33(41)43-5-2)21(3)36-34(39)44-28/h6-20,31H,4-5H2,1-3H3. The summed E-state index contributed by atoms with van der Waals surface area (Å²) in [5.74, 6) is 0.258. The van der Waals surface area contributed by atoms with Crippen LogP contribution in [-0.4, -0.2) is 33.5 Å². The summed E-state index contributed by atoms with van der Waals surface area (Å²) in [6, 6.07) is 23.9. The fourth-order valence-corrected chi connectivity index (χ4v) is 6.36. The summed E-state index contributed by atoms with van der Waals surface area (Å²) in [4.78, 5) is 32.5. The molecule has 0 saturated heterocycles. The maximum atomic E-state index is 14.2. The molecule has 2 aromatic heterocycles. The van der Waals surface area contributed by atoms with E-state index >= 15 is 0 Å². The van der Waals surface area contributed by atoms with Crippen molar-refractivity contribution in [3.63, 3.8) is 0 Å². The highest BCUT2D eigenvalue weighted by molar-refractivity contribution is 7.07. The molecule has 0 saturated carbocycles. The van der Waals surface area contributed by atoms with Crippen LogP contribution in [0.15, 0.2) is 106 Å². The summed E-state index contributed by atoms with van der Waals surface area (Å²) in [5.41, 5.74) is 4.51. The van der Waals surface area contributed by atoms with E-state index in [-0.39, 0.29) is 12.2 Å². The highest BCUT2D eigenvalue weighted by atomic mass is 35.5. The molecule has 44 heavy (non-hydrogen) atoms. The highest BCUT2D eigenvalue weighted by Gasteiger charge is 2.33. The Morgan fingerprint density at radius 2 is 1.73 bits per heavy atom. The van der Waals surface area contributed by atoms with Crippen LogP contribution in [0.4, 0.5) is 0 Å². The van der Waals surface area contributed by atoms with E-state index in [4.69, 9.17) is 26.2 Å². The predicted molar refractivity (Wildman–Crippen MR) is 172 cm³/mol. The number of nitrogens with zero attached hydrogens (tertiary/aromatic N) is 4. The number of rotatable bonds is 8. The number of aromatic nitrogens is 3. The van der Waals surface area contributed by atoms with Crippen LogP contribution >= 0.6 is 22.9 Å². The number of thiazole rings is 1. The van der Waals surface area contributed by atoms with Gasteiger partial charge in [-0.25, -0.2) is 14.5 Å². The van der Waals surface area contributed by atoms with Gasteiger partial charge in [0, 0.05) is 22.3 Å². The van der Waals surface area contributed by atoms with Crippen molar-refractivity contribution in [2.24, 2.45) is 4.99 Å². The second-order valence-corrected chi connectivity index (χ2v) is 11.5. The first-order valence-electron chi connectivity index (χ1n) is 14.2. The summed E-state index contributed by atoms with van der Waals surface area (Å²) in [5, 5.41) is 5.46. The van der Waals surface area contributed by atoms with Crippen LogP contribution in [-0.2, 0) is 9.53 Å². The van der Waals surface area contributed by atoms with E-state index < -0.39 is 12.0 Å². The van der Waals surface area contributed by atoms with Gasteiger partial charge in [-0.2, -0.15) is 5.10 Å². The fourth-order valence-electron chi connectivity index (χ4n) is 5.20. The summed E-state index contributed by atoms with van der Waals surface area (Å²) in [6.45, 7) is 6.23. The Bertz CT molecular complexity index is 2040. The van der Waals surface area contributed by atoms with Gasteiger partial charge in [-0.1, -0.05) is 53.3 Å². The number of carbonyl (C=O) groups is 1. The lowest BCUT2D eigenvalue weighted by molar-refractivity contribution is -0.139. The van der Waals surface area contributed by atoms with Crippen LogP contribution in [0, 0.1) is 0 Å². The van der Waals surface area contributed by atoms with E-state index in [0.717, 1.165) is 28.1 Å². The van der Waals surface area contributed by atoms with Crippen LogP contribution in [0.1, 0.15) is 37.9 Å². The molecular formula is C34H29ClN4O4S. The van der Waals surface area contributed by atoms with Crippen LogP contribution < -0.4 is 19.6 Å². The summed E-state index contributed by atoms with van der Waals surface area (Å²) >= 11 is 7.45. The first kappa shape index (κ1) is 29.3. The number of allylic oxidation sites excluding steroid dienone is 1. The van der Waals surface area contributed by atoms with Crippen molar-refractivity contribution in [1.29, 1.82) is 0 Å². The van der Waals surface area contributed by atoms with E-state index in [1.165, 1.54) is 11.3 Å². The normalized spacial score (nSPS) is 14.7. The first-order chi connectivity index (χ1) is 21.4. The molecule has 3 aromatic carbocycles. The number of carbonyl (C=O) groups excluding carboxylic acids is 1. The van der Waals surface area contributed by atoms with Crippen molar-refractivity contribution in [2.75, 3.05) is 13.2 Å². The lowest BCUT2D eigenvalue weighted by Gasteiger charge is -2.24. The zero-order valence-corrected chi connectivity index (χ0v) is 25.9. The minimum Gasteiger partial charge on any atom is -0.494 e. The van der Waals surface area contributed by atoms with Gasteiger partial charge in [0.25, 0.3) is 5.56 Å². The molecule has 0 spiro atoms. The lowest BCUT2D eigenvalue weighted by atomic mass is 9.96. The Labute approximate surface area is 262 Å². The molecule has 0 amide bonds. The topological polar surface area (TPSA) is 87.7 Å². The molecule has 5 aromatic rings. The zero-order chi connectivity index (χ0) is 30.8. The third-order valence-electron chi connectivity index (χ3n) is 7.19. The number of esters is 1. The largest absolute Gasteiger partial charge is 0.494 e. The van der Waals surface area contributed by atoms with Gasteiger partial charge < -0.3 is 9.47 Å². The number of ether oxygens (including phenoxy) is 2. The van der Waals surface area contributed by atoms with Crippen molar-refractivity contribution >= 4 is 35.0 Å². The molecule has 3 heterocycles. The van der Waals surface area contributed by atoms with Crippen molar-refractivity contribution < 1.29 is 14.3 Å². The van der Waals surface area contributed by atoms with Gasteiger partial charge in [0.05, 0.1) is 40.7 Å². The van der Waals surface area contributed by atoms with Gasteiger partial charge in [-0.15, -0.1) is 0 Å². The maximum Gasteiger partial charge on any atom is 0.338 e. The SMILES string of the molecule is CCOC(=O)C1=C(C)N=c2sc(=Cc3cn(-c4ccccc4)nc3-c3ccc(OCC)cc3)c(=O)n2C1c1ccc(Cl)cc1. The summed E-state index contributed by atoms with van der Waals surface area (Å²) in [6.07, 6.45) is 3.75. The number of hydrogen-bond acceptors (Lipinski definition) is 7. The van der Waals surface area contributed by atoms with Gasteiger partial charge in [-0.05, 0) is 80.9 Å². The van der Waals surface area contributed by atoms with Crippen LogP contribution in [0.25, 0.3) is 23.0 Å². The third kappa shape index (κ3) is 5.64. The quantitative estimate of drug-likeness (QED) is 0.207. The highest BCUT2D eigenvalue weighted by Crippen LogP contribution is 2.32. The van der Waals surface area contributed by atoms with E-state index in [1.54, 1.807) is 35.2 Å². The average molecular weight is 625 g/mol. The third-order valence-corrected chi connectivity index (χ3v) is 8.43. The molecule has 8 nitrogen and oxygen atoms in total. The summed E-state index contributed by atoms with van der Waals surface area (Å²) < 4.78 is 14.9. The lowest BCUT2D eigenvalue weighted by Crippen LogP contribution is -2.39. The Morgan fingerprint density at radius 3 is 2.41 bits per heavy atom. The molecule has 222 valence electrons. The van der Waals surface area contributed by atoms with Crippen LogP contribution in [0.3, 0.4) is 0 Å². The molecule has 1 atom stereocenters. The number of halogens is 1. The van der Waals surface area contributed by atoms with Crippen molar-refractivity contribution in [1.82, 2.24) is 14.3 Å². The second-order valence-electron chi connectivity index (χ2n) is 10.0. The fraction of sp³-hybridized carbons (Fsp3) is 0.176. The van der Waals surface area contributed by atoms with E-state index in [9.17, 15) is 9.59 Å². The van der Waals surface area contributed by atoms with E-state index in [0.29, 0.717) is 37.9 Å². The molecule has 0 aliphatic carbocycles. The number of hydrogen-bond donors (Lipinski definition) is 0. The molecule has 1 unspecified atom stereocenters. The molecule has 1 aliphatic rings. The number of para-hydroxylation sites is 1. The molecule has 0 radical (unpaired) electrons. The minimum atomic E-state index is -0.720. The van der Waals surface area contributed by atoms with Crippen molar-refractivity contribution in [3.05, 3.63) is 132 Å². The van der Waals surface area contributed by atoms with Crippen molar-refractivity contribution in [3.8, 4) is 22.7 Å². The smallest absolute Gasteiger partial charge is 0.338 e. The summed E-state index contributed by atoms with van der Waals surface area (Å²) in [7, 11) is 0. The molecular weight excluding hydrogens is 596 g/mol. The first-order valence-corrected chi connectivity index (χ1v) is 15.4. The van der Waals surface area contributed by atoms with Gasteiger partial charge in [0.1, 0.15) is 11.4 Å². The van der Waals surface area contributed by atoms with Gasteiger partial charge in [0.15, 0.2) is 4.80 Å². The molecule has 0 bridgehead atoms. The number of benzene rings is 3. The molecule has 1 aliphatic heterocycles. The molecule has 6 rings (SSSR count). The number of fused-ring (bicyclic) bond motifs is 1. The second kappa shape index (κ2) is 12.5. The maximum absolute atomic E-state index is 14.2. The van der Waals surface area contributed by atoms with Gasteiger partial charge in [-0.3, -0.25) is 9.36 Å². The Morgan fingerprint density at radius 1 is 1.00 bits per heavy atom. The predicted octanol–water partition coefficient (Wildman–Crippen LogP) is 5.70. The van der Waals surface area contributed by atoms with Crippen LogP contribution in [0.5, 0.6) is 5.75 Å². The molecule has 0 N–H and O–H groups in total.